The number of hydrogen-bond donors (Lipinski definition) is 1. The molecule has 0 bridgehead atoms. The lowest BCUT2D eigenvalue weighted by atomic mass is 9.81. The van der Waals surface area contributed by atoms with Crippen molar-refractivity contribution in [3.63, 3.8) is 0 Å². The van der Waals surface area contributed by atoms with E-state index in [1.807, 2.05) is 20.8 Å². The molecule has 2 rings (SSSR count). The Morgan fingerprint density at radius 2 is 1.76 bits per heavy atom. The van der Waals surface area contributed by atoms with Crippen LogP contribution in [0.2, 0.25) is 0 Å². The van der Waals surface area contributed by atoms with Crippen LogP contribution in [0.3, 0.4) is 0 Å². The van der Waals surface area contributed by atoms with Crippen LogP contribution in [0.5, 0.6) is 0 Å². The summed E-state index contributed by atoms with van der Waals surface area (Å²) in [6, 6.07) is 6.32. The van der Waals surface area contributed by atoms with Crippen LogP contribution in [0.4, 0.5) is 9.18 Å². The van der Waals surface area contributed by atoms with E-state index in [2.05, 4.69) is 5.32 Å². The molecule has 1 fully saturated rings. The number of ether oxygens (including phenoxy) is 1. The number of nitrogens with one attached hydrogen (secondary N) is 1. The second kappa shape index (κ2) is 7.42. The maximum absolute atomic E-state index is 13.1. The fraction of sp³-hybridized carbons (Fsp3) is 0.579. The minimum absolute atomic E-state index is 0.104. The van der Waals surface area contributed by atoms with Crippen molar-refractivity contribution in [2.45, 2.75) is 58.1 Å². The lowest BCUT2D eigenvalue weighted by molar-refractivity contribution is -0.121. The number of benzene rings is 1. The van der Waals surface area contributed by atoms with Gasteiger partial charge in [0.1, 0.15) is 11.4 Å². The van der Waals surface area contributed by atoms with E-state index >= 15 is 0 Å². The van der Waals surface area contributed by atoms with Gasteiger partial charge in [-0.3, -0.25) is 4.79 Å². The number of nitrogens with zero attached hydrogens (tertiary/aromatic N) is 1. The first-order chi connectivity index (χ1) is 11.6. The summed E-state index contributed by atoms with van der Waals surface area (Å²) in [4.78, 5) is 25.6. The van der Waals surface area contributed by atoms with Gasteiger partial charge in [0.25, 0.3) is 0 Å². The molecule has 0 atom stereocenters. The van der Waals surface area contributed by atoms with Gasteiger partial charge >= 0.3 is 6.09 Å². The Labute approximate surface area is 148 Å². The number of piperidine rings is 1. The third-order valence-electron chi connectivity index (χ3n) is 4.27. The summed E-state index contributed by atoms with van der Waals surface area (Å²) in [5.41, 5.74) is 0.000348. The minimum atomic E-state index is -0.530. The van der Waals surface area contributed by atoms with E-state index in [1.165, 1.54) is 19.1 Å². The molecule has 1 N–H and O–H groups in total. The van der Waals surface area contributed by atoms with Gasteiger partial charge in [-0.05, 0) is 57.7 Å². The van der Waals surface area contributed by atoms with Gasteiger partial charge in [0.05, 0.1) is 0 Å². The quantitative estimate of drug-likeness (QED) is 0.910. The molecule has 1 saturated heterocycles. The summed E-state index contributed by atoms with van der Waals surface area (Å²) >= 11 is 0. The Morgan fingerprint density at radius 3 is 2.24 bits per heavy atom. The predicted molar refractivity (Wildman–Crippen MR) is 93.7 cm³/mol. The van der Waals surface area contributed by atoms with Crippen LogP contribution >= 0.6 is 0 Å². The number of carbonyl (C=O) groups excluding carboxylic acids is 2. The predicted octanol–water partition coefficient (Wildman–Crippen LogP) is 3.27. The highest BCUT2D eigenvalue weighted by Gasteiger charge is 2.37. The molecule has 0 radical (unpaired) electrons. The van der Waals surface area contributed by atoms with E-state index in [1.54, 1.807) is 17.0 Å². The van der Waals surface area contributed by atoms with Gasteiger partial charge in [0.2, 0.25) is 5.91 Å². The number of hydrogen-bond acceptors (Lipinski definition) is 3. The molecule has 0 unspecified atom stereocenters. The van der Waals surface area contributed by atoms with Crippen LogP contribution < -0.4 is 5.32 Å². The molecule has 6 heteroatoms. The van der Waals surface area contributed by atoms with E-state index in [-0.39, 0.29) is 17.8 Å². The van der Waals surface area contributed by atoms with Gasteiger partial charge in [0.15, 0.2) is 0 Å². The van der Waals surface area contributed by atoms with E-state index in [0.29, 0.717) is 32.4 Å². The molecule has 25 heavy (non-hydrogen) atoms. The second-order valence-electron chi connectivity index (χ2n) is 7.73. The normalized spacial score (nSPS) is 17.1. The molecule has 138 valence electrons. The maximum atomic E-state index is 13.1. The summed E-state index contributed by atoms with van der Waals surface area (Å²) in [6.07, 6.45) is 1.53. The van der Waals surface area contributed by atoms with Crippen molar-refractivity contribution < 1.29 is 18.7 Å². The maximum Gasteiger partial charge on any atom is 0.410 e. The fourth-order valence-corrected chi connectivity index (χ4v) is 3.16. The Balaban J connectivity index is 2.06. The fourth-order valence-electron chi connectivity index (χ4n) is 3.16. The van der Waals surface area contributed by atoms with Crippen LogP contribution in [0.1, 0.15) is 46.1 Å². The van der Waals surface area contributed by atoms with Crippen molar-refractivity contribution in [1.29, 1.82) is 0 Å². The molecule has 2 amide bonds. The Kier molecular flexibility index (Phi) is 5.70. The minimum Gasteiger partial charge on any atom is -0.444 e. The van der Waals surface area contributed by atoms with E-state index < -0.39 is 11.1 Å². The van der Waals surface area contributed by atoms with Gasteiger partial charge in [-0.25, -0.2) is 9.18 Å². The zero-order valence-corrected chi connectivity index (χ0v) is 15.4. The van der Waals surface area contributed by atoms with Crippen molar-refractivity contribution in [2.75, 3.05) is 13.1 Å². The molecule has 1 aromatic rings. The highest BCUT2D eigenvalue weighted by atomic mass is 19.1. The molecule has 5 nitrogen and oxygen atoms in total. The van der Waals surface area contributed by atoms with Crippen molar-refractivity contribution in [3.05, 3.63) is 35.6 Å². The number of halogens is 1. The zero-order valence-electron chi connectivity index (χ0n) is 15.4. The van der Waals surface area contributed by atoms with Crippen LogP contribution in [-0.2, 0) is 16.0 Å². The van der Waals surface area contributed by atoms with E-state index in [4.69, 9.17) is 4.74 Å². The number of carbonyl (C=O) groups is 2. The topological polar surface area (TPSA) is 58.6 Å². The lowest BCUT2D eigenvalue weighted by Gasteiger charge is -2.42. The highest BCUT2D eigenvalue weighted by molar-refractivity contribution is 5.74. The van der Waals surface area contributed by atoms with Gasteiger partial charge in [0, 0.05) is 25.6 Å². The summed E-state index contributed by atoms with van der Waals surface area (Å²) in [6.45, 7) is 8.03. The van der Waals surface area contributed by atoms with Crippen LogP contribution in [-0.4, -0.2) is 41.1 Å². The average Bonchev–Trinajstić information content (AvgIpc) is 2.48. The zero-order chi connectivity index (χ0) is 18.7. The van der Waals surface area contributed by atoms with Crippen molar-refractivity contribution in [2.24, 2.45) is 0 Å². The standard InChI is InChI=1S/C19H27FN2O3/c1-14(23)21-19(13-15-5-7-16(20)8-6-15)9-11-22(12-10-19)17(24)25-18(2,3)4/h5-8H,9-13H2,1-4H3,(H,21,23). The Bertz CT molecular complexity index is 615. The lowest BCUT2D eigenvalue weighted by Crippen LogP contribution is -2.57. The van der Waals surface area contributed by atoms with E-state index in [0.717, 1.165) is 5.56 Å². The van der Waals surface area contributed by atoms with Crippen LogP contribution in [0, 0.1) is 5.82 Å². The Hall–Kier alpha value is -2.11. The van der Waals surface area contributed by atoms with Gasteiger partial charge in [-0.1, -0.05) is 12.1 Å². The number of amides is 2. The van der Waals surface area contributed by atoms with Crippen LogP contribution in [0.15, 0.2) is 24.3 Å². The summed E-state index contributed by atoms with van der Waals surface area (Å²) < 4.78 is 18.5. The summed E-state index contributed by atoms with van der Waals surface area (Å²) in [7, 11) is 0. The molecule has 0 spiro atoms. The monoisotopic (exact) mass is 350 g/mol. The second-order valence-corrected chi connectivity index (χ2v) is 7.73. The first kappa shape index (κ1) is 19.2. The Morgan fingerprint density at radius 1 is 1.20 bits per heavy atom. The molecule has 1 aliphatic heterocycles. The molecule has 0 saturated carbocycles. The smallest absolute Gasteiger partial charge is 0.410 e. The number of likely N-dealkylation sites (tertiary alicyclic amines) is 1. The SMILES string of the molecule is CC(=O)NC1(Cc2ccc(F)cc2)CCN(C(=O)OC(C)(C)C)CC1. The summed E-state index contributed by atoms with van der Waals surface area (Å²) in [5.74, 6) is -0.384. The van der Waals surface area contributed by atoms with E-state index in [9.17, 15) is 14.0 Å². The molecule has 1 aliphatic rings. The van der Waals surface area contributed by atoms with Crippen LogP contribution in [0.25, 0.3) is 0 Å². The highest BCUT2D eigenvalue weighted by Crippen LogP contribution is 2.28. The van der Waals surface area contributed by atoms with Crippen molar-refractivity contribution in [1.82, 2.24) is 10.2 Å². The molecule has 0 aromatic heterocycles. The summed E-state index contributed by atoms with van der Waals surface area (Å²) in [5, 5.41) is 3.05. The molecule has 1 aromatic carbocycles. The molecular weight excluding hydrogens is 323 g/mol. The number of rotatable bonds is 3. The molecular formula is C19H27FN2O3. The third-order valence-corrected chi connectivity index (χ3v) is 4.27. The van der Waals surface area contributed by atoms with Crippen molar-refractivity contribution in [3.8, 4) is 0 Å². The molecule has 1 heterocycles. The van der Waals surface area contributed by atoms with Gasteiger partial charge in [-0.2, -0.15) is 0 Å². The largest absolute Gasteiger partial charge is 0.444 e. The first-order valence-electron chi connectivity index (χ1n) is 8.60. The van der Waals surface area contributed by atoms with Crippen molar-refractivity contribution >= 4 is 12.0 Å². The molecule has 0 aliphatic carbocycles. The third kappa shape index (κ3) is 5.73. The van der Waals surface area contributed by atoms with Gasteiger partial charge < -0.3 is 15.0 Å². The first-order valence-corrected chi connectivity index (χ1v) is 8.60. The average molecular weight is 350 g/mol. The van der Waals surface area contributed by atoms with Gasteiger partial charge in [-0.15, -0.1) is 0 Å².